The van der Waals surface area contributed by atoms with Crippen molar-refractivity contribution in [1.29, 1.82) is 0 Å². The average Bonchev–Trinajstić information content (AvgIpc) is 2.62. The summed E-state index contributed by atoms with van der Waals surface area (Å²) in [6.07, 6.45) is 4.12. The fraction of sp³-hybridized carbons (Fsp3) is 0.200. The van der Waals surface area contributed by atoms with Gasteiger partial charge < -0.3 is 4.72 Å². The zero-order valence-corrected chi connectivity index (χ0v) is 14.8. The van der Waals surface area contributed by atoms with E-state index in [1.165, 1.54) is 16.9 Å². The lowest BCUT2D eigenvalue weighted by Crippen LogP contribution is -1.91. The van der Waals surface area contributed by atoms with Crippen molar-refractivity contribution in [3.8, 4) is 11.3 Å². The summed E-state index contributed by atoms with van der Waals surface area (Å²) < 4.78 is 3.39. The standard InChI is InChI=1S/C20H21N3S/c1-3-4-16-5-11-19(12-6-16)24-23-18-9-7-17(8-10-18)20-13-14-21-15(2)22-20/h5-14,23H,3-4H2,1-2H3. The van der Waals surface area contributed by atoms with E-state index in [-0.39, 0.29) is 0 Å². The Morgan fingerprint density at radius 1 is 0.958 bits per heavy atom. The highest BCUT2D eigenvalue weighted by Gasteiger charge is 2.01. The van der Waals surface area contributed by atoms with Gasteiger partial charge in [-0.3, -0.25) is 0 Å². The topological polar surface area (TPSA) is 37.8 Å². The minimum absolute atomic E-state index is 0.789. The summed E-state index contributed by atoms with van der Waals surface area (Å²) in [7, 11) is 0. The number of nitrogens with one attached hydrogen (secondary N) is 1. The molecule has 0 aliphatic heterocycles. The molecule has 2 aromatic carbocycles. The monoisotopic (exact) mass is 335 g/mol. The van der Waals surface area contributed by atoms with E-state index in [2.05, 4.69) is 70.1 Å². The van der Waals surface area contributed by atoms with Crippen molar-refractivity contribution in [1.82, 2.24) is 9.97 Å². The zero-order valence-electron chi connectivity index (χ0n) is 14.0. The Labute approximate surface area is 147 Å². The quantitative estimate of drug-likeness (QED) is 0.602. The first-order chi connectivity index (χ1) is 11.7. The third-order valence-corrected chi connectivity index (χ3v) is 4.55. The summed E-state index contributed by atoms with van der Waals surface area (Å²) in [5.41, 5.74) is 4.52. The second-order valence-electron chi connectivity index (χ2n) is 5.66. The number of rotatable bonds is 6. The lowest BCUT2D eigenvalue weighted by Gasteiger charge is -2.07. The number of benzene rings is 2. The Bertz CT molecular complexity index is 783. The van der Waals surface area contributed by atoms with Gasteiger partial charge in [0.25, 0.3) is 0 Å². The summed E-state index contributed by atoms with van der Waals surface area (Å²) in [5.74, 6) is 0.789. The van der Waals surface area contributed by atoms with E-state index < -0.39 is 0 Å². The maximum absolute atomic E-state index is 4.45. The Balaban J connectivity index is 1.62. The summed E-state index contributed by atoms with van der Waals surface area (Å²) >= 11 is 1.63. The van der Waals surface area contributed by atoms with Crippen LogP contribution in [0.15, 0.2) is 65.7 Å². The van der Waals surface area contributed by atoms with Gasteiger partial charge in [-0.25, -0.2) is 9.97 Å². The molecule has 122 valence electrons. The van der Waals surface area contributed by atoms with Gasteiger partial charge >= 0.3 is 0 Å². The molecule has 4 heteroatoms. The Morgan fingerprint density at radius 3 is 2.38 bits per heavy atom. The second-order valence-corrected chi connectivity index (χ2v) is 6.54. The largest absolute Gasteiger partial charge is 0.326 e. The van der Waals surface area contributed by atoms with Crippen molar-refractivity contribution in [3.05, 3.63) is 72.2 Å². The number of nitrogens with zero attached hydrogens (tertiary/aromatic N) is 2. The number of aryl methyl sites for hydroxylation is 2. The number of anilines is 1. The molecule has 3 rings (SSSR count). The smallest absolute Gasteiger partial charge is 0.125 e. The molecule has 0 unspecified atom stereocenters. The van der Waals surface area contributed by atoms with E-state index in [1.807, 2.05) is 13.0 Å². The third kappa shape index (κ3) is 4.36. The Morgan fingerprint density at radius 2 is 1.71 bits per heavy atom. The normalized spacial score (nSPS) is 10.6. The maximum Gasteiger partial charge on any atom is 0.125 e. The molecule has 0 bridgehead atoms. The molecule has 0 radical (unpaired) electrons. The van der Waals surface area contributed by atoms with Crippen molar-refractivity contribution in [2.24, 2.45) is 0 Å². The van der Waals surface area contributed by atoms with E-state index in [9.17, 15) is 0 Å². The van der Waals surface area contributed by atoms with Crippen LogP contribution < -0.4 is 4.72 Å². The summed E-state index contributed by atoms with van der Waals surface area (Å²) in [5, 5.41) is 0. The minimum Gasteiger partial charge on any atom is -0.326 e. The molecular weight excluding hydrogens is 314 g/mol. The molecule has 0 fully saturated rings. The summed E-state index contributed by atoms with van der Waals surface area (Å²) in [6, 6.07) is 19.0. The third-order valence-electron chi connectivity index (χ3n) is 3.71. The molecule has 24 heavy (non-hydrogen) atoms. The van der Waals surface area contributed by atoms with Crippen molar-refractivity contribution in [2.75, 3.05) is 4.72 Å². The first kappa shape index (κ1) is 16.5. The highest BCUT2D eigenvalue weighted by atomic mass is 32.2. The minimum atomic E-state index is 0.789. The Hall–Kier alpha value is -2.33. The van der Waals surface area contributed by atoms with E-state index >= 15 is 0 Å². The molecule has 3 aromatic rings. The van der Waals surface area contributed by atoms with Gasteiger partial charge in [0.1, 0.15) is 5.82 Å². The van der Waals surface area contributed by atoms with Crippen LogP contribution in [0.25, 0.3) is 11.3 Å². The maximum atomic E-state index is 4.45. The fourth-order valence-electron chi connectivity index (χ4n) is 2.46. The van der Waals surface area contributed by atoms with Gasteiger partial charge in [0.15, 0.2) is 0 Å². The zero-order chi connectivity index (χ0) is 16.8. The fourth-order valence-corrected chi connectivity index (χ4v) is 3.10. The van der Waals surface area contributed by atoms with Crippen molar-refractivity contribution in [3.63, 3.8) is 0 Å². The van der Waals surface area contributed by atoms with Crippen LogP contribution in [0.3, 0.4) is 0 Å². The molecule has 0 saturated carbocycles. The first-order valence-corrected chi connectivity index (χ1v) is 8.98. The number of hydrogen-bond donors (Lipinski definition) is 1. The molecule has 3 nitrogen and oxygen atoms in total. The van der Waals surface area contributed by atoms with Crippen LogP contribution in [-0.2, 0) is 6.42 Å². The van der Waals surface area contributed by atoms with Gasteiger partial charge in [0.2, 0.25) is 0 Å². The molecule has 1 N–H and O–H groups in total. The van der Waals surface area contributed by atoms with Crippen LogP contribution in [0.1, 0.15) is 24.7 Å². The Kier molecular flexibility index (Phi) is 5.49. The van der Waals surface area contributed by atoms with Gasteiger partial charge in [-0.1, -0.05) is 37.6 Å². The molecule has 0 spiro atoms. The molecule has 1 heterocycles. The molecule has 0 atom stereocenters. The first-order valence-electron chi connectivity index (χ1n) is 8.16. The predicted molar refractivity (Wildman–Crippen MR) is 102 cm³/mol. The second kappa shape index (κ2) is 7.97. The molecule has 0 saturated heterocycles. The summed E-state index contributed by atoms with van der Waals surface area (Å²) in [4.78, 5) is 9.80. The SMILES string of the molecule is CCCc1ccc(SNc2ccc(-c3ccnc(C)n3)cc2)cc1. The molecular formula is C20H21N3S. The van der Waals surface area contributed by atoms with Crippen LogP contribution in [0, 0.1) is 6.92 Å². The van der Waals surface area contributed by atoms with Crippen LogP contribution in [0.5, 0.6) is 0 Å². The van der Waals surface area contributed by atoms with Gasteiger partial charge in [-0.2, -0.15) is 0 Å². The van der Waals surface area contributed by atoms with E-state index in [4.69, 9.17) is 0 Å². The van der Waals surface area contributed by atoms with Crippen LogP contribution in [0.2, 0.25) is 0 Å². The molecule has 0 aliphatic carbocycles. The van der Waals surface area contributed by atoms with Gasteiger partial charge in [0.05, 0.1) is 5.69 Å². The van der Waals surface area contributed by atoms with Gasteiger partial charge in [-0.05, 0) is 61.2 Å². The van der Waals surface area contributed by atoms with Crippen molar-refractivity contribution < 1.29 is 0 Å². The average molecular weight is 335 g/mol. The number of aromatic nitrogens is 2. The van der Waals surface area contributed by atoms with Gasteiger partial charge in [0, 0.05) is 22.3 Å². The highest BCUT2D eigenvalue weighted by Crippen LogP contribution is 2.24. The lowest BCUT2D eigenvalue weighted by atomic mass is 10.1. The summed E-state index contributed by atoms with van der Waals surface area (Å²) in [6.45, 7) is 4.11. The van der Waals surface area contributed by atoms with Crippen LogP contribution >= 0.6 is 11.9 Å². The molecule has 0 amide bonds. The van der Waals surface area contributed by atoms with E-state index in [1.54, 1.807) is 18.1 Å². The van der Waals surface area contributed by atoms with Crippen molar-refractivity contribution >= 4 is 17.6 Å². The number of hydrogen-bond acceptors (Lipinski definition) is 4. The van der Waals surface area contributed by atoms with Crippen LogP contribution in [0.4, 0.5) is 5.69 Å². The van der Waals surface area contributed by atoms with Crippen LogP contribution in [-0.4, -0.2) is 9.97 Å². The van der Waals surface area contributed by atoms with E-state index in [0.717, 1.165) is 29.2 Å². The predicted octanol–water partition coefficient (Wildman–Crippen LogP) is 5.52. The van der Waals surface area contributed by atoms with E-state index in [0.29, 0.717) is 0 Å². The molecule has 1 aromatic heterocycles. The lowest BCUT2D eigenvalue weighted by molar-refractivity contribution is 0.920. The van der Waals surface area contributed by atoms with Gasteiger partial charge in [-0.15, -0.1) is 0 Å². The van der Waals surface area contributed by atoms with Crippen molar-refractivity contribution in [2.45, 2.75) is 31.6 Å². The highest BCUT2D eigenvalue weighted by molar-refractivity contribution is 8.00. The molecule has 0 aliphatic rings.